The summed E-state index contributed by atoms with van der Waals surface area (Å²) in [6.07, 6.45) is 3.11. The van der Waals surface area contributed by atoms with E-state index in [4.69, 9.17) is 9.84 Å². The summed E-state index contributed by atoms with van der Waals surface area (Å²) in [5.74, 6) is 0.799. The van der Waals surface area contributed by atoms with E-state index in [0.29, 0.717) is 6.42 Å². The van der Waals surface area contributed by atoms with Crippen molar-refractivity contribution in [3.05, 3.63) is 29.8 Å². The van der Waals surface area contributed by atoms with Crippen LogP contribution in [0.3, 0.4) is 0 Å². The minimum absolute atomic E-state index is 0.0521. The lowest BCUT2D eigenvalue weighted by atomic mass is 10.1. The van der Waals surface area contributed by atoms with E-state index in [1.807, 2.05) is 24.3 Å². The van der Waals surface area contributed by atoms with Crippen molar-refractivity contribution in [1.29, 1.82) is 0 Å². The Hall–Kier alpha value is -1.06. The Morgan fingerprint density at radius 2 is 1.94 bits per heavy atom. The molecule has 2 N–H and O–H groups in total. The standard InChI is InChI=1S/C13H18O3/c14-9-8-10-4-6-11(7-5-10)16-13-3-1-2-12(13)15/h4-7,12-15H,1-3,8-9H2/t12-,13-/m1/s1. The van der Waals surface area contributed by atoms with Crippen molar-refractivity contribution in [2.45, 2.75) is 37.9 Å². The van der Waals surface area contributed by atoms with Crippen LogP contribution in [-0.4, -0.2) is 29.0 Å². The monoisotopic (exact) mass is 222 g/mol. The first-order chi connectivity index (χ1) is 7.79. The summed E-state index contributed by atoms with van der Waals surface area (Å²) >= 11 is 0. The first-order valence-corrected chi connectivity index (χ1v) is 5.84. The second kappa shape index (κ2) is 5.32. The minimum atomic E-state index is -0.322. The smallest absolute Gasteiger partial charge is 0.124 e. The molecule has 1 aliphatic carbocycles. The third kappa shape index (κ3) is 2.74. The van der Waals surface area contributed by atoms with Gasteiger partial charge in [0, 0.05) is 6.61 Å². The molecule has 0 aliphatic heterocycles. The van der Waals surface area contributed by atoms with Crippen molar-refractivity contribution < 1.29 is 14.9 Å². The average molecular weight is 222 g/mol. The molecular formula is C13H18O3. The molecule has 1 aliphatic rings. The molecule has 1 aromatic rings. The van der Waals surface area contributed by atoms with Gasteiger partial charge < -0.3 is 14.9 Å². The zero-order valence-electron chi connectivity index (χ0n) is 9.30. The SMILES string of the molecule is OCCc1ccc(O[C@@H]2CCC[C@H]2O)cc1. The van der Waals surface area contributed by atoms with Gasteiger partial charge in [-0.15, -0.1) is 0 Å². The van der Waals surface area contributed by atoms with Gasteiger partial charge in [0.05, 0.1) is 6.10 Å². The van der Waals surface area contributed by atoms with E-state index in [-0.39, 0.29) is 18.8 Å². The Balaban J connectivity index is 1.94. The van der Waals surface area contributed by atoms with Crippen LogP contribution >= 0.6 is 0 Å². The number of rotatable bonds is 4. The molecule has 88 valence electrons. The van der Waals surface area contributed by atoms with Gasteiger partial charge in [0.1, 0.15) is 11.9 Å². The normalized spacial score (nSPS) is 24.6. The molecule has 0 unspecified atom stereocenters. The maximum atomic E-state index is 9.63. The molecule has 0 bridgehead atoms. The van der Waals surface area contributed by atoms with Crippen LogP contribution in [0.2, 0.25) is 0 Å². The zero-order valence-corrected chi connectivity index (χ0v) is 9.30. The van der Waals surface area contributed by atoms with Crippen LogP contribution in [0.5, 0.6) is 5.75 Å². The van der Waals surface area contributed by atoms with Crippen molar-refractivity contribution in [3.8, 4) is 5.75 Å². The van der Waals surface area contributed by atoms with Crippen LogP contribution in [0.4, 0.5) is 0 Å². The number of hydrogen-bond acceptors (Lipinski definition) is 3. The first-order valence-electron chi connectivity index (χ1n) is 5.84. The summed E-state index contributed by atoms with van der Waals surface area (Å²) in [5, 5.41) is 18.4. The summed E-state index contributed by atoms with van der Waals surface area (Å²) in [4.78, 5) is 0. The van der Waals surface area contributed by atoms with E-state index in [2.05, 4.69) is 0 Å². The third-order valence-corrected chi connectivity index (χ3v) is 3.03. The Morgan fingerprint density at radius 1 is 1.19 bits per heavy atom. The van der Waals surface area contributed by atoms with Crippen molar-refractivity contribution in [2.75, 3.05) is 6.61 Å². The summed E-state index contributed by atoms with van der Waals surface area (Å²) in [6, 6.07) is 7.70. The predicted octanol–water partition coefficient (Wildman–Crippen LogP) is 1.51. The van der Waals surface area contributed by atoms with Gasteiger partial charge in [-0.25, -0.2) is 0 Å². The molecular weight excluding hydrogens is 204 g/mol. The second-order valence-corrected chi connectivity index (χ2v) is 4.27. The predicted molar refractivity (Wildman–Crippen MR) is 61.5 cm³/mol. The van der Waals surface area contributed by atoms with E-state index in [1.54, 1.807) is 0 Å². The lowest BCUT2D eigenvalue weighted by Crippen LogP contribution is -2.25. The highest BCUT2D eigenvalue weighted by molar-refractivity contribution is 5.27. The maximum absolute atomic E-state index is 9.63. The van der Waals surface area contributed by atoms with Gasteiger partial charge in [0.2, 0.25) is 0 Å². The molecule has 3 nitrogen and oxygen atoms in total. The highest BCUT2D eigenvalue weighted by atomic mass is 16.5. The Bertz CT molecular complexity index is 320. The van der Waals surface area contributed by atoms with Gasteiger partial charge >= 0.3 is 0 Å². The van der Waals surface area contributed by atoms with E-state index >= 15 is 0 Å². The van der Waals surface area contributed by atoms with Crippen molar-refractivity contribution in [2.24, 2.45) is 0 Å². The Morgan fingerprint density at radius 3 is 2.50 bits per heavy atom. The van der Waals surface area contributed by atoms with Gasteiger partial charge in [0.25, 0.3) is 0 Å². The number of ether oxygens (including phenoxy) is 1. The molecule has 3 heteroatoms. The minimum Gasteiger partial charge on any atom is -0.488 e. The number of hydrogen-bond donors (Lipinski definition) is 2. The molecule has 0 amide bonds. The molecule has 1 fully saturated rings. The van der Waals surface area contributed by atoms with Gasteiger partial charge in [-0.1, -0.05) is 12.1 Å². The second-order valence-electron chi connectivity index (χ2n) is 4.27. The van der Waals surface area contributed by atoms with E-state index in [1.165, 1.54) is 0 Å². The fraction of sp³-hybridized carbons (Fsp3) is 0.538. The molecule has 0 saturated heterocycles. The summed E-state index contributed by atoms with van der Waals surface area (Å²) < 4.78 is 5.71. The van der Waals surface area contributed by atoms with Gasteiger partial charge in [-0.05, 0) is 43.4 Å². The molecule has 1 saturated carbocycles. The largest absolute Gasteiger partial charge is 0.488 e. The highest BCUT2D eigenvalue weighted by Crippen LogP contribution is 2.24. The van der Waals surface area contributed by atoms with E-state index in [0.717, 1.165) is 30.6 Å². The van der Waals surface area contributed by atoms with Crippen molar-refractivity contribution in [3.63, 3.8) is 0 Å². The number of aliphatic hydroxyl groups is 2. The zero-order chi connectivity index (χ0) is 11.4. The van der Waals surface area contributed by atoms with Gasteiger partial charge in [-0.2, -0.15) is 0 Å². The van der Waals surface area contributed by atoms with Gasteiger partial charge in [-0.3, -0.25) is 0 Å². The molecule has 0 radical (unpaired) electrons. The van der Waals surface area contributed by atoms with Crippen LogP contribution in [0.25, 0.3) is 0 Å². The number of aliphatic hydroxyl groups excluding tert-OH is 2. The lowest BCUT2D eigenvalue weighted by molar-refractivity contribution is 0.0604. The van der Waals surface area contributed by atoms with E-state index < -0.39 is 0 Å². The third-order valence-electron chi connectivity index (χ3n) is 3.03. The molecule has 2 rings (SSSR count). The lowest BCUT2D eigenvalue weighted by Gasteiger charge is -2.17. The molecule has 0 spiro atoms. The Kier molecular flexibility index (Phi) is 3.80. The fourth-order valence-corrected chi connectivity index (χ4v) is 2.08. The molecule has 0 heterocycles. The van der Waals surface area contributed by atoms with E-state index in [9.17, 15) is 5.11 Å². The first kappa shape index (κ1) is 11.4. The molecule has 2 atom stereocenters. The van der Waals surface area contributed by atoms with Crippen LogP contribution in [0.1, 0.15) is 24.8 Å². The molecule has 1 aromatic carbocycles. The van der Waals surface area contributed by atoms with Crippen LogP contribution in [-0.2, 0) is 6.42 Å². The Labute approximate surface area is 95.7 Å². The summed E-state index contributed by atoms with van der Waals surface area (Å²) in [6.45, 7) is 0.168. The number of benzene rings is 1. The van der Waals surface area contributed by atoms with Crippen molar-refractivity contribution in [1.82, 2.24) is 0 Å². The average Bonchev–Trinajstić information content (AvgIpc) is 2.68. The fourth-order valence-electron chi connectivity index (χ4n) is 2.08. The quantitative estimate of drug-likeness (QED) is 0.812. The maximum Gasteiger partial charge on any atom is 0.124 e. The summed E-state index contributed by atoms with van der Waals surface area (Å²) in [5.41, 5.74) is 1.10. The van der Waals surface area contributed by atoms with Crippen molar-refractivity contribution >= 4 is 0 Å². The van der Waals surface area contributed by atoms with Gasteiger partial charge in [0.15, 0.2) is 0 Å². The molecule has 0 aromatic heterocycles. The highest BCUT2D eigenvalue weighted by Gasteiger charge is 2.26. The van der Waals surface area contributed by atoms with Crippen LogP contribution in [0, 0.1) is 0 Å². The topological polar surface area (TPSA) is 49.7 Å². The van der Waals surface area contributed by atoms with Crippen LogP contribution in [0.15, 0.2) is 24.3 Å². The molecule has 16 heavy (non-hydrogen) atoms. The summed E-state index contributed by atoms with van der Waals surface area (Å²) in [7, 11) is 0. The van der Waals surface area contributed by atoms with Crippen LogP contribution < -0.4 is 4.74 Å².